The van der Waals surface area contributed by atoms with Crippen molar-refractivity contribution >= 4 is 11.4 Å². The molecular weight excluding hydrogens is 308 g/mol. The van der Waals surface area contributed by atoms with Crippen molar-refractivity contribution < 1.29 is 14.6 Å². The summed E-state index contributed by atoms with van der Waals surface area (Å²) in [7, 11) is 0. The number of para-hydroxylation sites is 4. The first-order valence-corrected chi connectivity index (χ1v) is 7.75. The van der Waals surface area contributed by atoms with E-state index in [1.54, 1.807) is 0 Å². The lowest BCUT2D eigenvalue weighted by molar-refractivity contribution is -0.0193. The van der Waals surface area contributed by atoms with Gasteiger partial charge in [0, 0.05) is 4.91 Å². The van der Waals surface area contributed by atoms with Crippen LogP contribution in [0.15, 0.2) is 53.6 Å². The molecular formula is C17H16N4O3. The smallest absolute Gasteiger partial charge is 0.151 e. The van der Waals surface area contributed by atoms with Gasteiger partial charge < -0.3 is 19.5 Å². The SMILES string of the molecule is [N-]=[N+]=N[C@H]1COC[C@@H](N2c3ccccc3Oc3ccccc32)[C@@H]1O. The molecule has 2 aromatic carbocycles. The van der Waals surface area contributed by atoms with Gasteiger partial charge in [-0.15, -0.1) is 0 Å². The summed E-state index contributed by atoms with van der Waals surface area (Å²) in [6.07, 6.45) is -0.839. The van der Waals surface area contributed by atoms with Gasteiger partial charge in [0.15, 0.2) is 11.5 Å². The zero-order chi connectivity index (χ0) is 16.5. The fourth-order valence-electron chi connectivity index (χ4n) is 3.25. The van der Waals surface area contributed by atoms with E-state index in [0.29, 0.717) is 18.1 Å². The largest absolute Gasteiger partial charge is 0.453 e. The normalized spacial score (nSPS) is 25.0. The standard InChI is InChI=1S/C17H16N4O3/c18-20-19-11-9-23-10-14(17(11)22)21-12-5-1-3-7-15(12)24-16-8-4-2-6-13(16)21/h1-8,11,14,17,22H,9-10H2/t11-,14+,17+/m0/s1. The average molecular weight is 324 g/mol. The second kappa shape index (κ2) is 6.05. The van der Waals surface area contributed by atoms with Gasteiger partial charge in [-0.25, -0.2) is 0 Å². The van der Waals surface area contributed by atoms with Crippen molar-refractivity contribution in [3.05, 3.63) is 59.0 Å². The Morgan fingerprint density at radius 2 is 1.67 bits per heavy atom. The van der Waals surface area contributed by atoms with Crippen molar-refractivity contribution in [2.24, 2.45) is 5.11 Å². The highest BCUT2D eigenvalue weighted by molar-refractivity contribution is 5.78. The minimum Gasteiger partial charge on any atom is -0.453 e. The van der Waals surface area contributed by atoms with Crippen molar-refractivity contribution in [2.75, 3.05) is 18.1 Å². The number of hydrogen-bond acceptors (Lipinski definition) is 5. The van der Waals surface area contributed by atoms with Gasteiger partial charge in [-0.2, -0.15) is 0 Å². The molecule has 1 saturated heterocycles. The third-order valence-corrected chi connectivity index (χ3v) is 4.37. The summed E-state index contributed by atoms with van der Waals surface area (Å²) in [5, 5.41) is 14.4. The van der Waals surface area contributed by atoms with Crippen LogP contribution in [0.4, 0.5) is 11.4 Å². The molecule has 2 heterocycles. The highest BCUT2D eigenvalue weighted by Crippen LogP contribution is 2.48. The molecule has 0 aromatic heterocycles. The van der Waals surface area contributed by atoms with E-state index in [9.17, 15) is 5.11 Å². The maximum Gasteiger partial charge on any atom is 0.151 e. The van der Waals surface area contributed by atoms with Gasteiger partial charge in [0.05, 0.1) is 42.8 Å². The predicted octanol–water partition coefficient (Wildman–Crippen LogP) is 3.37. The summed E-state index contributed by atoms with van der Waals surface area (Å²) >= 11 is 0. The van der Waals surface area contributed by atoms with Crippen LogP contribution in [0, 0.1) is 0 Å². The molecule has 2 aliphatic heterocycles. The Morgan fingerprint density at radius 1 is 1.04 bits per heavy atom. The van der Waals surface area contributed by atoms with Crippen LogP contribution in [0.2, 0.25) is 0 Å². The van der Waals surface area contributed by atoms with Crippen LogP contribution >= 0.6 is 0 Å². The van der Waals surface area contributed by atoms with Crippen LogP contribution in [0.5, 0.6) is 11.5 Å². The number of azide groups is 1. The van der Waals surface area contributed by atoms with Crippen molar-refractivity contribution in [3.8, 4) is 11.5 Å². The number of aliphatic hydroxyl groups is 1. The van der Waals surface area contributed by atoms with Gasteiger partial charge >= 0.3 is 0 Å². The van der Waals surface area contributed by atoms with Crippen LogP contribution < -0.4 is 9.64 Å². The Hall–Kier alpha value is -2.73. The highest BCUT2D eigenvalue weighted by atomic mass is 16.5. The van der Waals surface area contributed by atoms with Gasteiger partial charge in [-0.05, 0) is 29.8 Å². The van der Waals surface area contributed by atoms with E-state index in [1.807, 2.05) is 53.4 Å². The van der Waals surface area contributed by atoms with Crippen molar-refractivity contribution in [2.45, 2.75) is 18.2 Å². The van der Waals surface area contributed by atoms with Crippen LogP contribution in [-0.4, -0.2) is 36.5 Å². The fraction of sp³-hybridized carbons (Fsp3) is 0.294. The molecule has 1 N–H and O–H groups in total. The number of anilines is 2. The molecule has 7 nitrogen and oxygen atoms in total. The molecule has 2 aromatic rings. The van der Waals surface area contributed by atoms with Gasteiger partial charge in [-0.3, -0.25) is 0 Å². The lowest BCUT2D eigenvalue weighted by atomic mass is 9.98. The lowest BCUT2D eigenvalue weighted by Gasteiger charge is -2.43. The Kier molecular flexibility index (Phi) is 3.74. The third-order valence-electron chi connectivity index (χ3n) is 4.37. The van der Waals surface area contributed by atoms with Gasteiger partial charge in [-0.1, -0.05) is 29.4 Å². The molecule has 0 radical (unpaired) electrons. The van der Waals surface area contributed by atoms with E-state index in [0.717, 1.165) is 11.4 Å². The second-order valence-electron chi connectivity index (χ2n) is 5.78. The molecule has 1 fully saturated rings. The molecule has 2 aliphatic rings. The van der Waals surface area contributed by atoms with Gasteiger partial charge in [0.1, 0.15) is 0 Å². The minimum absolute atomic E-state index is 0.218. The maximum atomic E-state index is 10.7. The van der Waals surface area contributed by atoms with Crippen LogP contribution in [-0.2, 0) is 4.74 Å². The summed E-state index contributed by atoms with van der Waals surface area (Å²) in [6.45, 7) is 0.552. The Bertz CT molecular complexity index is 760. The minimum atomic E-state index is -0.839. The molecule has 0 bridgehead atoms. The zero-order valence-corrected chi connectivity index (χ0v) is 12.8. The Morgan fingerprint density at radius 3 is 2.29 bits per heavy atom. The Labute approximate surface area is 138 Å². The molecule has 7 heteroatoms. The van der Waals surface area contributed by atoms with E-state index in [2.05, 4.69) is 10.0 Å². The molecule has 122 valence electrons. The monoisotopic (exact) mass is 324 g/mol. The molecule has 3 atom stereocenters. The number of rotatable bonds is 2. The highest BCUT2D eigenvalue weighted by Gasteiger charge is 2.39. The average Bonchev–Trinajstić information content (AvgIpc) is 2.62. The summed E-state index contributed by atoms with van der Waals surface area (Å²) in [6, 6.07) is 14.3. The van der Waals surface area contributed by atoms with Crippen LogP contribution in [0.3, 0.4) is 0 Å². The first kappa shape index (κ1) is 14.8. The van der Waals surface area contributed by atoms with Crippen molar-refractivity contribution in [1.82, 2.24) is 0 Å². The summed E-state index contributed by atoms with van der Waals surface area (Å²) < 4.78 is 11.6. The summed E-state index contributed by atoms with van der Waals surface area (Å²) in [5.41, 5.74) is 10.4. The summed E-state index contributed by atoms with van der Waals surface area (Å²) in [5.74, 6) is 1.43. The maximum absolute atomic E-state index is 10.7. The molecule has 24 heavy (non-hydrogen) atoms. The number of nitrogens with zero attached hydrogens (tertiary/aromatic N) is 4. The molecule has 0 aliphatic carbocycles. The van der Waals surface area contributed by atoms with Crippen molar-refractivity contribution in [3.63, 3.8) is 0 Å². The van der Waals surface area contributed by atoms with E-state index in [1.165, 1.54) is 0 Å². The van der Waals surface area contributed by atoms with E-state index >= 15 is 0 Å². The van der Waals surface area contributed by atoms with E-state index < -0.39 is 12.1 Å². The molecule has 0 spiro atoms. The van der Waals surface area contributed by atoms with E-state index in [4.69, 9.17) is 15.0 Å². The molecule has 0 amide bonds. The van der Waals surface area contributed by atoms with Gasteiger partial charge in [0.25, 0.3) is 0 Å². The van der Waals surface area contributed by atoms with Crippen LogP contribution in [0.1, 0.15) is 0 Å². The lowest BCUT2D eigenvalue weighted by Crippen LogP contribution is -2.54. The van der Waals surface area contributed by atoms with Crippen LogP contribution in [0.25, 0.3) is 10.4 Å². The van der Waals surface area contributed by atoms with Crippen molar-refractivity contribution in [1.29, 1.82) is 0 Å². The van der Waals surface area contributed by atoms with E-state index in [-0.39, 0.29) is 12.6 Å². The molecule has 0 saturated carbocycles. The number of benzene rings is 2. The van der Waals surface area contributed by atoms with Gasteiger partial charge in [0.2, 0.25) is 0 Å². The second-order valence-corrected chi connectivity index (χ2v) is 5.78. The Balaban J connectivity index is 1.81. The number of fused-ring (bicyclic) bond motifs is 2. The molecule has 4 rings (SSSR count). The first-order valence-electron chi connectivity index (χ1n) is 7.75. The zero-order valence-electron chi connectivity index (χ0n) is 12.8. The third kappa shape index (κ3) is 2.35. The number of ether oxygens (including phenoxy) is 2. The molecule has 0 unspecified atom stereocenters. The topological polar surface area (TPSA) is 90.7 Å². The first-order chi connectivity index (χ1) is 11.8. The quantitative estimate of drug-likeness (QED) is 0.521. The fourth-order valence-corrected chi connectivity index (χ4v) is 3.25. The predicted molar refractivity (Wildman–Crippen MR) is 88.6 cm³/mol. The number of aliphatic hydroxyl groups excluding tert-OH is 1. The summed E-state index contributed by atoms with van der Waals surface area (Å²) in [4.78, 5) is 4.83. The number of hydrogen-bond donors (Lipinski definition) is 1.